The number of nitrogens with one attached hydrogen (secondary N) is 4. The molecule has 0 aromatic heterocycles. The molecule has 39 heavy (non-hydrogen) atoms. The summed E-state index contributed by atoms with van der Waals surface area (Å²) in [5.74, 6) is -1.52. The van der Waals surface area contributed by atoms with Crippen LogP contribution in [0, 0.1) is 5.92 Å². The van der Waals surface area contributed by atoms with Gasteiger partial charge in [0.05, 0.1) is 19.8 Å². The number of nitrogens with zero attached hydrogens (tertiary/aromatic N) is 1. The number of amides is 5. The minimum absolute atomic E-state index is 0.0452. The molecule has 0 fully saturated rings. The average Bonchev–Trinajstić information content (AvgIpc) is 3.42. The van der Waals surface area contributed by atoms with E-state index in [1.165, 1.54) is 17.8 Å². The number of ether oxygens (including phenoxy) is 1. The molecule has 1 aromatic carbocycles. The van der Waals surface area contributed by atoms with E-state index in [1.54, 1.807) is 26.0 Å². The van der Waals surface area contributed by atoms with E-state index in [9.17, 15) is 19.2 Å². The lowest BCUT2D eigenvalue weighted by atomic mass is 10.0. The molecule has 0 radical (unpaired) electrons. The lowest BCUT2D eigenvalue weighted by Gasteiger charge is -2.25. The highest BCUT2D eigenvalue weighted by Gasteiger charge is 2.28. The fourth-order valence-electron chi connectivity index (χ4n) is 3.46. The van der Waals surface area contributed by atoms with Gasteiger partial charge in [-0.05, 0) is 36.5 Å². The maximum Gasteiger partial charge on any atom is 0.312 e. The van der Waals surface area contributed by atoms with Crippen LogP contribution in [0.4, 0.5) is 10.5 Å². The molecule has 0 aliphatic carbocycles. The number of carbonyl (C=O) groups is 4. The van der Waals surface area contributed by atoms with Gasteiger partial charge in [-0.3, -0.25) is 14.4 Å². The van der Waals surface area contributed by atoms with Crippen molar-refractivity contribution in [1.29, 1.82) is 0 Å². The summed E-state index contributed by atoms with van der Waals surface area (Å²) in [5, 5.41) is 12.7. The van der Waals surface area contributed by atoms with Crippen molar-refractivity contribution in [3.63, 3.8) is 0 Å². The minimum Gasteiger partial charge on any atom is -0.379 e. The van der Waals surface area contributed by atoms with Crippen LogP contribution in [0.1, 0.15) is 38.7 Å². The van der Waals surface area contributed by atoms with Crippen molar-refractivity contribution in [3.8, 4) is 0 Å². The van der Waals surface area contributed by atoms with E-state index in [1.807, 2.05) is 12.1 Å². The van der Waals surface area contributed by atoms with E-state index in [0.29, 0.717) is 24.0 Å². The van der Waals surface area contributed by atoms with E-state index in [4.69, 9.17) is 20.1 Å². The first-order valence-corrected chi connectivity index (χ1v) is 13.7. The second kappa shape index (κ2) is 17.3. The number of alkyl halides is 1. The minimum atomic E-state index is -0.908. The highest BCUT2D eigenvalue weighted by molar-refractivity contribution is 9.08. The number of nitrogens with two attached hydrogens (primary N) is 1. The van der Waals surface area contributed by atoms with Crippen molar-refractivity contribution >= 4 is 45.4 Å². The Bertz CT molecular complexity index is 968. The number of halogens is 1. The number of hydrogen-bond acceptors (Lipinski definition) is 8. The first-order valence-electron chi connectivity index (χ1n) is 12.6. The molecule has 13 nitrogen and oxygen atoms in total. The summed E-state index contributed by atoms with van der Waals surface area (Å²) in [5.41, 5.74) is 6.73. The van der Waals surface area contributed by atoms with Crippen LogP contribution in [0.2, 0.25) is 0 Å². The summed E-state index contributed by atoms with van der Waals surface area (Å²) in [7, 11) is 0. The highest BCUT2D eigenvalue weighted by atomic mass is 79.9. The predicted molar refractivity (Wildman–Crippen MR) is 147 cm³/mol. The SMILES string of the molecule is CC(C)C(NC(=O)CCOCCN1OC=CO1)C(=O)NC(CCCNC(N)=O)C(=O)Nc1ccc(CBr)cc1. The maximum atomic E-state index is 13.2. The predicted octanol–water partition coefficient (Wildman–Crippen LogP) is 1.65. The number of primary amides is 1. The van der Waals surface area contributed by atoms with Crippen molar-refractivity contribution < 1.29 is 33.6 Å². The van der Waals surface area contributed by atoms with Gasteiger partial charge in [-0.1, -0.05) is 41.9 Å². The standard InChI is InChI=1S/C25H37BrN6O7/c1-17(2)22(31-21(33)9-12-37-13-11-32-38-14-15-39-32)24(35)30-20(4-3-10-28-25(27)36)23(34)29-19-7-5-18(16-26)6-8-19/h5-8,14-15,17,20,22H,3-4,9-13,16H2,1-2H3,(H,29,34)(H,30,35)(H,31,33)(H3,27,28,36). The second-order valence-corrected chi connectivity index (χ2v) is 9.57. The zero-order valence-electron chi connectivity index (χ0n) is 22.1. The van der Waals surface area contributed by atoms with Crippen LogP contribution in [-0.2, 0) is 34.1 Å². The van der Waals surface area contributed by atoms with Gasteiger partial charge >= 0.3 is 6.03 Å². The van der Waals surface area contributed by atoms with Crippen LogP contribution in [0.5, 0.6) is 0 Å². The molecular weight excluding hydrogens is 576 g/mol. The Morgan fingerprint density at radius 1 is 1.03 bits per heavy atom. The van der Waals surface area contributed by atoms with Crippen LogP contribution < -0.4 is 27.0 Å². The summed E-state index contributed by atoms with van der Waals surface area (Å²) < 4.78 is 5.42. The Labute approximate surface area is 236 Å². The molecule has 2 atom stereocenters. The molecule has 1 heterocycles. The van der Waals surface area contributed by atoms with Crippen molar-refractivity contribution in [2.24, 2.45) is 11.7 Å². The maximum absolute atomic E-state index is 13.2. The van der Waals surface area contributed by atoms with E-state index < -0.39 is 29.9 Å². The molecule has 1 aromatic rings. The number of anilines is 1. The normalized spacial score (nSPS) is 14.2. The highest BCUT2D eigenvalue weighted by Crippen LogP contribution is 2.13. The molecule has 0 spiro atoms. The van der Waals surface area contributed by atoms with Gasteiger partial charge in [-0.25, -0.2) is 4.79 Å². The lowest BCUT2D eigenvalue weighted by molar-refractivity contribution is -0.288. The summed E-state index contributed by atoms with van der Waals surface area (Å²) in [6.45, 7) is 4.61. The molecular formula is C25H37BrN6O7. The van der Waals surface area contributed by atoms with Crippen molar-refractivity contribution in [2.75, 3.05) is 31.6 Å². The number of hydrogen-bond donors (Lipinski definition) is 5. The van der Waals surface area contributed by atoms with Gasteiger partial charge in [0, 0.05) is 29.2 Å². The molecule has 0 saturated carbocycles. The van der Waals surface area contributed by atoms with Gasteiger partial charge in [0.15, 0.2) is 12.5 Å². The first-order chi connectivity index (χ1) is 18.7. The smallest absolute Gasteiger partial charge is 0.312 e. The van der Waals surface area contributed by atoms with E-state index in [0.717, 1.165) is 5.56 Å². The number of benzene rings is 1. The zero-order chi connectivity index (χ0) is 28.6. The molecule has 0 saturated heterocycles. The van der Waals surface area contributed by atoms with Gasteiger partial charge in [-0.15, -0.1) is 0 Å². The van der Waals surface area contributed by atoms with Crippen LogP contribution >= 0.6 is 15.9 Å². The molecule has 14 heteroatoms. The third kappa shape index (κ3) is 12.4. The largest absolute Gasteiger partial charge is 0.379 e. The molecule has 6 N–H and O–H groups in total. The van der Waals surface area contributed by atoms with Crippen molar-refractivity contribution in [1.82, 2.24) is 21.2 Å². The lowest BCUT2D eigenvalue weighted by Crippen LogP contribution is -2.54. The molecule has 1 aliphatic rings. The third-order valence-electron chi connectivity index (χ3n) is 5.55. The van der Waals surface area contributed by atoms with Gasteiger partial charge in [-0.2, -0.15) is 0 Å². The van der Waals surface area contributed by atoms with Gasteiger partial charge in [0.25, 0.3) is 0 Å². The summed E-state index contributed by atoms with van der Waals surface area (Å²) in [4.78, 5) is 59.7. The van der Waals surface area contributed by atoms with E-state index in [-0.39, 0.29) is 44.4 Å². The summed E-state index contributed by atoms with van der Waals surface area (Å²) in [6.07, 6.45) is 3.45. The molecule has 1 aliphatic heterocycles. The quantitative estimate of drug-likeness (QED) is 0.130. The average molecular weight is 614 g/mol. The van der Waals surface area contributed by atoms with Crippen LogP contribution in [0.3, 0.4) is 0 Å². The first kappa shape index (κ1) is 31.9. The molecule has 2 rings (SSSR count). The van der Waals surface area contributed by atoms with Crippen LogP contribution in [0.25, 0.3) is 0 Å². The summed E-state index contributed by atoms with van der Waals surface area (Å²) in [6, 6.07) is 4.82. The Morgan fingerprint density at radius 3 is 2.33 bits per heavy atom. The molecule has 216 valence electrons. The Hall–Kier alpha value is -3.36. The van der Waals surface area contributed by atoms with E-state index in [2.05, 4.69) is 37.2 Å². The Balaban J connectivity index is 1.91. The second-order valence-electron chi connectivity index (χ2n) is 9.01. The number of carbonyl (C=O) groups excluding carboxylic acids is 4. The number of urea groups is 1. The topological polar surface area (TPSA) is 173 Å². The molecule has 5 amide bonds. The van der Waals surface area contributed by atoms with Gasteiger partial charge in [0.1, 0.15) is 12.1 Å². The van der Waals surface area contributed by atoms with Gasteiger partial charge in [0.2, 0.25) is 17.7 Å². The summed E-state index contributed by atoms with van der Waals surface area (Å²) >= 11 is 3.38. The van der Waals surface area contributed by atoms with Gasteiger partial charge < -0.3 is 41.4 Å². The molecule has 0 bridgehead atoms. The molecule has 2 unspecified atom stereocenters. The fraction of sp³-hybridized carbons (Fsp3) is 0.520. The number of hydroxylamine groups is 2. The van der Waals surface area contributed by atoms with Crippen LogP contribution in [0.15, 0.2) is 36.8 Å². The zero-order valence-corrected chi connectivity index (χ0v) is 23.7. The Kier molecular flexibility index (Phi) is 14.1. The fourth-order valence-corrected chi connectivity index (χ4v) is 3.83. The Morgan fingerprint density at radius 2 is 1.72 bits per heavy atom. The van der Waals surface area contributed by atoms with Crippen molar-refractivity contribution in [2.45, 2.75) is 50.5 Å². The van der Waals surface area contributed by atoms with E-state index >= 15 is 0 Å². The monoisotopic (exact) mass is 612 g/mol. The number of rotatable bonds is 17. The van der Waals surface area contributed by atoms with Crippen LogP contribution in [-0.4, -0.2) is 67.4 Å². The van der Waals surface area contributed by atoms with Crippen molar-refractivity contribution in [3.05, 3.63) is 42.4 Å². The third-order valence-corrected chi connectivity index (χ3v) is 6.19.